The lowest BCUT2D eigenvalue weighted by Gasteiger charge is -2.27. The third kappa shape index (κ3) is 7.54. The van der Waals surface area contributed by atoms with E-state index in [9.17, 15) is 9.59 Å². The van der Waals surface area contributed by atoms with E-state index in [1.54, 1.807) is 24.3 Å². The van der Waals surface area contributed by atoms with Crippen LogP contribution in [-0.2, 0) is 4.79 Å². The number of imide groups is 1. The molecule has 0 radical (unpaired) electrons. The minimum atomic E-state index is -4.94. The van der Waals surface area contributed by atoms with Gasteiger partial charge in [-0.05, 0) is 48.5 Å². The van der Waals surface area contributed by atoms with Crippen molar-refractivity contribution < 1.29 is 38.5 Å². The van der Waals surface area contributed by atoms with E-state index >= 15 is 0 Å². The van der Waals surface area contributed by atoms with Gasteiger partial charge < -0.3 is 0 Å². The zero-order valence-corrected chi connectivity index (χ0v) is 20.7. The Morgan fingerprint density at radius 3 is 1.22 bits per heavy atom. The summed E-state index contributed by atoms with van der Waals surface area (Å²) in [4.78, 5) is 25.9. The Kier molecular flexibility index (Phi) is 9.44. The van der Waals surface area contributed by atoms with E-state index in [0.717, 1.165) is 15.9 Å². The first-order valence-electron chi connectivity index (χ1n) is 10.8. The van der Waals surface area contributed by atoms with Gasteiger partial charge in [-0.3, -0.25) is 14.9 Å². The van der Waals surface area contributed by atoms with Crippen molar-refractivity contribution in [1.29, 1.82) is 0 Å². The smallest absolute Gasteiger partial charge is 0.265 e. The van der Waals surface area contributed by atoms with E-state index in [0.29, 0.717) is 5.56 Å². The largest absolute Gasteiger partial charge is 0.289 e. The number of halogens is 1. The first-order chi connectivity index (χ1) is 17.2. The van der Waals surface area contributed by atoms with E-state index in [1.165, 1.54) is 0 Å². The number of amides is 2. The van der Waals surface area contributed by atoms with Gasteiger partial charge in [0.15, 0.2) is 6.16 Å². The summed E-state index contributed by atoms with van der Waals surface area (Å²) >= 11 is 0. The van der Waals surface area contributed by atoms with Gasteiger partial charge in [-0.1, -0.05) is 72.8 Å². The molecule has 1 N–H and O–H groups in total. The van der Waals surface area contributed by atoms with Crippen molar-refractivity contribution in [3.05, 3.63) is 127 Å². The molecule has 0 spiro atoms. The van der Waals surface area contributed by atoms with E-state index in [-0.39, 0.29) is 18.0 Å². The maximum absolute atomic E-state index is 13.3. The fourth-order valence-corrected chi connectivity index (χ4v) is 7.81. The summed E-state index contributed by atoms with van der Waals surface area (Å²) in [5.74, 6) is -0.656. The summed E-state index contributed by atoms with van der Waals surface area (Å²) in [5, 5.41) is 5.93. The van der Waals surface area contributed by atoms with Gasteiger partial charge in [0.1, 0.15) is 23.2 Å². The third-order valence-corrected chi connectivity index (χ3v) is 9.56. The van der Waals surface area contributed by atoms with Crippen LogP contribution in [0.15, 0.2) is 121 Å². The SMILES string of the molecule is O=C(C[P+](c1ccccc1)(c1ccccc1)c1ccccc1)NC(=O)c1ccccc1.[O-][Cl+3]([O-])([O-])[O-]. The van der Waals surface area contributed by atoms with Crippen LogP contribution in [0, 0.1) is 10.2 Å². The van der Waals surface area contributed by atoms with Crippen LogP contribution in [0.5, 0.6) is 0 Å². The average Bonchev–Trinajstić information content (AvgIpc) is 2.88. The van der Waals surface area contributed by atoms with Crippen molar-refractivity contribution in [2.75, 3.05) is 6.16 Å². The second kappa shape index (κ2) is 12.5. The molecule has 4 rings (SSSR count). The molecule has 0 heterocycles. The molecule has 0 saturated heterocycles. The predicted octanol–water partition coefficient (Wildman–Crippen LogP) is -0.819. The van der Waals surface area contributed by atoms with E-state index in [2.05, 4.69) is 41.7 Å². The maximum atomic E-state index is 13.3. The van der Waals surface area contributed by atoms with Crippen LogP contribution in [0.4, 0.5) is 0 Å². The van der Waals surface area contributed by atoms with Gasteiger partial charge in [0.2, 0.25) is 0 Å². The van der Waals surface area contributed by atoms with Crippen LogP contribution in [0.25, 0.3) is 0 Å². The first kappa shape index (κ1) is 27.2. The van der Waals surface area contributed by atoms with Crippen LogP contribution in [-0.4, -0.2) is 18.0 Å². The molecule has 7 nitrogen and oxygen atoms in total. The highest BCUT2D eigenvalue weighted by atomic mass is 35.7. The van der Waals surface area contributed by atoms with Crippen molar-refractivity contribution >= 4 is 35.0 Å². The van der Waals surface area contributed by atoms with Gasteiger partial charge >= 0.3 is 0 Å². The zero-order valence-electron chi connectivity index (χ0n) is 19.0. The minimum Gasteiger partial charge on any atom is -0.289 e. The minimum absolute atomic E-state index is 0.212. The number of nitrogens with one attached hydrogen (secondary N) is 1. The van der Waals surface area contributed by atoms with Crippen LogP contribution >= 0.6 is 7.26 Å². The lowest BCUT2D eigenvalue weighted by atomic mass is 10.2. The standard InChI is InChI=1S/C27H22NO2P.ClHO4/c29-26(28-27(30)22-13-5-1-6-14-22)21-31(23-15-7-2-8-16-23,24-17-9-3-10-18-24)25-19-11-4-12-20-25;2-1(3,4)5/h1-20H,21H2;(H,2,3,4,5). The Balaban J connectivity index is 0.000000658. The average molecular weight is 524 g/mol. The number of hydrogen-bond donors (Lipinski definition) is 1. The van der Waals surface area contributed by atoms with E-state index in [1.807, 2.05) is 60.7 Å². The highest BCUT2D eigenvalue weighted by Crippen LogP contribution is 2.54. The Labute approximate surface area is 211 Å². The van der Waals surface area contributed by atoms with Gasteiger partial charge in [0, 0.05) is 5.56 Å². The molecule has 0 aliphatic rings. The Bertz CT molecular complexity index is 1150. The fraction of sp³-hybridized carbons (Fsp3) is 0.0370. The molecule has 36 heavy (non-hydrogen) atoms. The van der Waals surface area contributed by atoms with Gasteiger partial charge in [-0.15, -0.1) is 10.2 Å². The monoisotopic (exact) mass is 523 g/mol. The first-order valence-corrected chi connectivity index (χ1v) is 14.0. The van der Waals surface area contributed by atoms with Gasteiger partial charge in [0.25, 0.3) is 11.8 Å². The zero-order chi connectivity index (χ0) is 26.0. The van der Waals surface area contributed by atoms with Gasteiger partial charge in [-0.25, -0.2) is 18.6 Å². The van der Waals surface area contributed by atoms with Gasteiger partial charge in [0.05, 0.1) is 0 Å². The number of hydrogen-bond acceptors (Lipinski definition) is 6. The second-order valence-corrected chi connectivity index (χ2v) is 11.8. The van der Waals surface area contributed by atoms with Crippen LogP contribution in [0.1, 0.15) is 10.4 Å². The molecule has 0 aliphatic carbocycles. The van der Waals surface area contributed by atoms with Crippen LogP contribution in [0.3, 0.4) is 0 Å². The highest BCUT2D eigenvalue weighted by Gasteiger charge is 2.47. The quantitative estimate of drug-likeness (QED) is 0.328. The molecular weight excluding hydrogens is 501 g/mol. The normalized spacial score (nSPS) is 11.1. The molecule has 0 aliphatic heterocycles. The number of carbonyl (C=O) groups excluding carboxylic acids is 2. The van der Waals surface area contributed by atoms with Crippen molar-refractivity contribution in [3.8, 4) is 0 Å². The van der Waals surface area contributed by atoms with Crippen molar-refractivity contribution in [3.63, 3.8) is 0 Å². The fourth-order valence-electron chi connectivity index (χ4n) is 3.81. The Morgan fingerprint density at radius 1 is 0.583 bits per heavy atom. The summed E-state index contributed by atoms with van der Waals surface area (Å²) in [6.07, 6.45) is 0.212. The lowest BCUT2D eigenvalue weighted by molar-refractivity contribution is -2.00. The maximum Gasteiger partial charge on any atom is 0.265 e. The highest BCUT2D eigenvalue weighted by molar-refractivity contribution is 7.96. The summed E-state index contributed by atoms with van der Waals surface area (Å²) < 4.78 is 34.0. The van der Waals surface area contributed by atoms with Crippen LogP contribution in [0.2, 0.25) is 0 Å². The molecule has 184 valence electrons. The van der Waals surface area contributed by atoms with Crippen molar-refractivity contribution in [1.82, 2.24) is 5.32 Å². The number of carbonyl (C=O) groups is 2. The Hall–Kier alpha value is -3.42. The van der Waals surface area contributed by atoms with Crippen molar-refractivity contribution in [2.24, 2.45) is 0 Å². The molecule has 0 aromatic heterocycles. The number of benzene rings is 4. The molecule has 0 atom stereocenters. The lowest BCUT2D eigenvalue weighted by Crippen LogP contribution is -2.68. The summed E-state index contributed by atoms with van der Waals surface area (Å²) in [6.45, 7) is 0. The molecule has 2 amide bonds. The molecule has 0 fully saturated rings. The van der Waals surface area contributed by atoms with E-state index in [4.69, 9.17) is 18.6 Å². The Morgan fingerprint density at radius 2 is 0.889 bits per heavy atom. The number of rotatable bonds is 6. The summed E-state index contributed by atoms with van der Waals surface area (Å²) in [5.41, 5.74) is 0.471. The predicted molar refractivity (Wildman–Crippen MR) is 129 cm³/mol. The molecule has 9 heteroatoms. The summed E-state index contributed by atoms with van der Waals surface area (Å²) in [6, 6.07) is 39.3. The molecule has 0 unspecified atom stereocenters. The van der Waals surface area contributed by atoms with Crippen LogP contribution < -0.4 is 39.9 Å². The van der Waals surface area contributed by atoms with Gasteiger partial charge in [-0.2, -0.15) is 0 Å². The molecule has 4 aromatic rings. The molecule has 4 aromatic carbocycles. The van der Waals surface area contributed by atoms with Crippen molar-refractivity contribution in [2.45, 2.75) is 0 Å². The second-order valence-electron chi connectivity index (χ2n) is 7.60. The third-order valence-electron chi connectivity index (χ3n) is 5.26. The molecule has 0 saturated carbocycles. The molecular formula is C27H23ClNO6P. The van der Waals surface area contributed by atoms with E-state index < -0.39 is 17.5 Å². The topological polar surface area (TPSA) is 138 Å². The summed E-state index contributed by atoms with van der Waals surface area (Å²) in [7, 11) is -7.27. The molecule has 0 bridgehead atoms.